The molecule has 8 heteroatoms. The summed E-state index contributed by atoms with van der Waals surface area (Å²) < 4.78 is 1.95. The number of rotatable bonds is 2. The van der Waals surface area contributed by atoms with Crippen LogP contribution in [0.15, 0.2) is 34.1 Å². The highest BCUT2D eigenvalue weighted by atomic mass is 16.2. The highest BCUT2D eigenvalue weighted by Crippen LogP contribution is 2.10. The summed E-state index contributed by atoms with van der Waals surface area (Å²) in [6.45, 7) is 0. The van der Waals surface area contributed by atoms with E-state index in [1.807, 2.05) is 0 Å². The Balaban J connectivity index is 2.48. The molecule has 2 aromatic heterocycles. The first-order chi connectivity index (χ1) is 9.43. The maximum absolute atomic E-state index is 12.0. The molecule has 20 heavy (non-hydrogen) atoms. The number of carbonyl (C=O) groups is 1. The molecule has 2 rings (SSSR count). The number of hydrogen-bond acceptors (Lipinski definition) is 5. The van der Waals surface area contributed by atoms with Crippen molar-refractivity contribution in [1.29, 1.82) is 0 Å². The Kier molecular flexibility index (Phi) is 3.38. The third-order valence-electron chi connectivity index (χ3n) is 2.87. The normalized spacial score (nSPS) is 10.3. The number of pyridine rings is 1. The standard InChI is InChI=1S/C12H13N5O3/c1-16-9(13)8(11(19)17(2)12(16)20)15-10(18)7-4-3-5-14-6-7/h3-6H,13H2,1-2H3,(H,15,18). The molecule has 0 saturated heterocycles. The van der Waals surface area contributed by atoms with Gasteiger partial charge in [0.2, 0.25) is 0 Å². The molecule has 0 aromatic carbocycles. The summed E-state index contributed by atoms with van der Waals surface area (Å²) in [5.41, 5.74) is 4.62. The van der Waals surface area contributed by atoms with Gasteiger partial charge in [-0.1, -0.05) is 0 Å². The molecule has 0 aliphatic carbocycles. The highest BCUT2D eigenvalue weighted by molar-refractivity contribution is 6.05. The maximum atomic E-state index is 12.0. The molecule has 104 valence electrons. The number of nitrogen functional groups attached to an aromatic ring is 1. The van der Waals surface area contributed by atoms with Crippen LogP contribution in [0.4, 0.5) is 11.5 Å². The average molecular weight is 275 g/mol. The first kappa shape index (κ1) is 13.5. The van der Waals surface area contributed by atoms with Crippen molar-refractivity contribution in [3.63, 3.8) is 0 Å². The van der Waals surface area contributed by atoms with E-state index in [0.29, 0.717) is 0 Å². The number of aromatic nitrogens is 3. The summed E-state index contributed by atoms with van der Waals surface area (Å²) in [6, 6.07) is 3.14. The highest BCUT2D eigenvalue weighted by Gasteiger charge is 2.16. The van der Waals surface area contributed by atoms with Gasteiger partial charge < -0.3 is 11.1 Å². The van der Waals surface area contributed by atoms with E-state index in [4.69, 9.17) is 5.73 Å². The van der Waals surface area contributed by atoms with Gasteiger partial charge in [-0.05, 0) is 12.1 Å². The number of nitrogens with zero attached hydrogens (tertiary/aromatic N) is 3. The zero-order valence-electron chi connectivity index (χ0n) is 11.0. The van der Waals surface area contributed by atoms with E-state index in [1.165, 1.54) is 26.5 Å². The van der Waals surface area contributed by atoms with Crippen LogP contribution >= 0.6 is 0 Å². The Morgan fingerprint density at radius 3 is 2.60 bits per heavy atom. The molecule has 0 fully saturated rings. The molecule has 0 aliphatic heterocycles. The molecule has 0 spiro atoms. The fraction of sp³-hybridized carbons (Fsp3) is 0.167. The quantitative estimate of drug-likeness (QED) is 0.753. The predicted octanol–water partition coefficient (Wildman–Crippen LogP) is -0.686. The van der Waals surface area contributed by atoms with Gasteiger partial charge in [-0.2, -0.15) is 0 Å². The molecule has 2 heterocycles. The molecule has 0 radical (unpaired) electrons. The molecule has 3 N–H and O–H groups in total. The van der Waals surface area contributed by atoms with Crippen LogP contribution < -0.4 is 22.3 Å². The van der Waals surface area contributed by atoms with E-state index in [2.05, 4.69) is 10.3 Å². The number of hydrogen-bond donors (Lipinski definition) is 2. The van der Waals surface area contributed by atoms with Crippen LogP contribution in [-0.4, -0.2) is 20.0 Å². The molecule has 1 amide bonds. The van der Waals surface area contributed by atoms with Crippen LogP contribution in [0.2, 0.25) is 0 Å². The molecule has 8 nitrogen and oxygen atoms in total. The molecule has 2 aromatic rings. The van der Waals surface area contributed by atoms with Crippen LogP contribution in [0, 0.1) is 0 Å². The van der Waals surface area contributed by atoms with Gasteiger partial charge in [0.25, 0.3) is 11.5 Å². The van der Waals surface area contributed by atoms with E-state index in [9.17, 15) is 14.4 Å². The monoisotopic (exact) mass is 275 g/mol. The smallest absolute Gasteiger partial charge is 0.332 e. The maximum Gasteiger partial charge on any atom is 0.332 e. The van der Waals surface area contributed by atoms with E-state index in [0.717, 1.165) is 9.13 Å². The lowest BCUT2D eigenvalue weighted by atomic mass is 10.2. The van der Waals surface area contributed by atoms with Crippen molar-refractivity contribution in [2.75, 3.05) is 11.1 Å². The van der Waals surface area contributed by atoms with Gasteiger partial charge in [-0.3, -0.25) is 23.7 Å². The second-order valence-corrected chi connectivity index (χ2v) is 4.16. The lowest BCUT2D eigenvalue weighted by molar-refractivity contribution is 0.102. The second kappa shape index (κ2) is 5.00. The van der Waals surface area contributed by atoms with Crippen LogP contribution in [0.5, 0.6) is 0 Å². The number of nitrogens with one attached hydrogen (secondary N) is 1. The average Bonchev–Trinajstić information content (AvgIpc) is 2.48. The van der Waals surface area contributed by atoms with Gasteiger partial charge in [0.15, 0.2) is 0 Å². The van der Waals surface area contributed by atoms with Crippen molar-refractivity contribution in [2.45, 2.75) is 0 Å². The van der Waals surface area contributed by atoms with E-state index >= 15 is 0 Å². The summed E-state index contributed by atoms with van der Waals surface area (Å²) in [5.74, 6) is -0.629. The minimum atomic E-state index is -0.664. The van der Waals surface area contributed by atoms with Gasteiger partial charge >= 0.3 is 5.69 Å². The number of carbonyl (C=O) groups excluding carboxylic acids is 1. The fourth-order valence-electron chi connectivity index (χ4n) is 1.66. The Bertz CT molecular complexity index is 776. The van der Waals surface area contributed by atoms with E-state index < -0.39 is 17.2 Å². The Morgan fingerprint density at radius 1 is 1.30 bits per heavy atom. The Hall–Kier alpha value is -2.90. The molecule has 0 unspecified atom stereocenters. The van der Waals surface area contributed by atoms with Crippen molar-refractivity contribution < 1.29 is 4.79 Å². The van der Waals surface area contributed by atoms with Crippen LogP contribution in [0.1, 0.15) is 10.4 Å². The first-order valence-corrected chi connectivity index (χ1v) is 5.70. The summed E-state index contributed by atoms with van der Waals surface area (Å²) >= 11 is 0. The van der Waals surface area contributed by atoms with Crippen molar-refractivity contribution in [2.24, 2.45) is 14.1 Å². The van der Waals surface area contributed by atoms with Gasteiger partial charge in [-0.25, -0.2) is 4.79 Å². The number of anilines is 2. The molecule has 0 saturated carbocycles. The summed E-state index contributed by atoms with van der Waals surface area (Å²) in [5, 5.41) is 2.41. The largest absolute Gasteiger partial charge is 0.383 e. The van der Waals surface area contributed by atoms with Crippen LogP contribution in [-0.2, 0) is 14.1 Å². The molecule has 0 bridgehead atoms. The van der Waals surface area contributed by atoms with Crippen LogP contribution in [0.25, 0.3) is 0 Å². The summed E-state index contributed by atoms with van der Waals surface area (Å²) in [6.07, 6.45) is 2.88. The van der Waals surface area contributed by atoms with Crippen molar-refractivity contribution in [3.05, 3.63) is 50.9 Å². The lowest BCUT2D eigenvalue weighted by Gasteiger charge is -2.12. The first-order valence-electron chi connectivity index (χ1n) is 5.70. The van der Waals surface area contributed by atoms with Crippen molar-refractivity contribution in [1.82, 2.24) is 14.1 Å². The predicted molar refractivity (Wildman–Crippen MR) is 73.5 cm³/mol. The fourth-order valence-corrected chi connectivity index (χ4v) is 1.66. The summed E-state index contributed by atoms with van der Waals surface area (Å²) in [7, 11) is 2.72. The minimum Gasteiger partial charge on any atom is -0.383 e. The topological polar surface area (TPSA) is 112 Å². The van der Waals surface area contributed by atoms with Gasteiger partial charge in [0.1, 0.15) is 11.5 Å². The Morgan fingerprint density at radius 2 is 2.00 bits per heavy atom. The van der Waals surface area contributed by atoms with Crippen LogP contribution in [0.3, 0.4) is 0 Å². The minimum absolute atomic E-state index is 0.102. The van der Waals surface area contributed by atoms with Crippen molar-refractivity contribution in [3.8, 4) is 0 Å². The molecule has 0 atom stereocenters. The lowest BCUT2D eigenvalue weighted by Crippen LogP contribution is -2.40. The third-order valence-corrected chi connectivity index (χ3v) is 2.87. The Labute approximate surface area is 113 Å². The molecule has 0 aliphatic rings. The third kappa shape index (κ3) is 2.18. The SMILES string of the molecule is Cn1c(N)c(NC(=O)c2cccnc2)c(=O)n(C)c1=O. The number of nitrogens with two attached hydrogens (primary N) is 1. The van der Waals surface area contributed by atoms with Crippen molar-refractivity contribution >= 4 is 17.4 Å². The second-order valence-electron chi connectivity index (χ2n) is 4.16. The zero-order valence-corrected chi connectivity index (χ0v) is 11.0. The molecular weight excluding hydrogens is 262 g/mol. The van der Waals surface area contributed by atoms with Gasteiger partial charge in [0.05, 0.1) is 5.56 Å². The zero-order chi connectivity index (χ0) is 14.9. The molecular formula is C12H13N5O3. The number of amides is 1. The van der Waals surface area contributed by atoms with E-state index in [-0.39, 0.29) is 17.1 Å². The van der Waals surface area contributed by atoms with Gasteiger partial charge in [0, 0.05) is 26.5 Å². The van der Waals surface area contributed by atoms with E-state index in [1.54, 1.807) is 12.1 Å². The summed E-state index contributed by atoms with van der Waals surface area (Å²) in [4.78, 5) is 39.4. The van der Waals surface area contributed by atoms with Gasteiger partial charge in [-0.15, -0.1) is 0 Å².